The van der Waals surface area contributed by atoms with E-state index in [1.165, 1.54) is 0 Å². The lowest BCUT2D eigenvalue weighted by Gasteiger charge is -2.14. The monoisotopic (exact) mass is 429 g/mol. The quantitative estimate of drug-likeness (QED) is 0.373. The molecular formula is C25H23N3O4. The van der Waals surface area contributed by atoms with E-state index in [-0.39, 0.29) is 0 Å². The highest BCUT2D eigenvalue weighted by Crippen LogP contribution is 2.46. The molecule has 5 rings (SSSR count). The summed E-state index contributed by atoms with van der Waals surface area (Å²) < 4.78 is 25.1. The van der Waals surface area contributed by atoms with Crippen LogP contribution in [0.1, 0.15) is 5.82 Å². The van der Waals surface area contributed by atoms with Crippen LogP contribution in [0.15, 0.2) is 53.2 Å². The Balaban J connectivity index is 1.82. The highest BCUT2D eigenvalue weighted by atomic mass is 16.5. The Morgan fingerprint density at radius 2 is 1.66 bits per heavy atom. The first-order chi connectivity index (χ1) is 15.5. The molecular weight excluding hydrogens is 406 g/mol. The minimum absolute atomic E-state index is 0.532. The first-order valence-corrected chi connectivity index (χ1v) is 10.2. The Hall–Kier alpha value is -4.00. The van der Waals surface area contributed by atoms with Crippen LogP contribution >= 0.6 is 0 Å². The zero-order chi connectivity index (χ0) is 22.4. The third-order valence-corrected chi connectivity index (χ3v) is 5.67. The average Bonchev–Trinajstić information content (AvgIpc) is 3.37. The molecule has 0 aliphatic carbocycles. The fourth-order valence-corrected chi connectivity index (χ4v) is 4.11. The van der Waals surface area contributed by atoms with Gasteiger partial charge in [0.25, 0.3) is 0 Å². The van der Waals surface area contributed by atoms with Gasteiger partial charge in [-0.3, -0.25) is 0 Å². The van der Waals surface area contributed by atoms with E-state index in [0.717, 1.165) is 33.0 Å². The van der Waals surface area contributed by atoms with E-state index in [1.54, 1.807) is 27.5 Å². The van der Waals surface area contributed by atoms with Gasteiger partial charge in [0, 0.05) is 41.5 Å². The van der Waals surface area contributed by atoms with E-state index in [9.17, 15) is 0 Å². The second-order valence-electron chi connectivity index (χ2n) is 7.56. The second-order valence-corrected chi connectivity index (χ2v) is 7.56. The number of ether oxygens (including phenoxy) is 3. The number of methoxy groups -OCH3 is 3. The molecule has 7 nitrogen and oxygen atoms in total. The van der Waals surface area contributed by atoms with E-state index in [4.69, 9.17) is 18.6 Å². The Kier molecular flexibility index (Phi) is 4.74. The number of rotatable bonds is 5. The smallest absolute Gasteiger partial charge is 0.230 e. The number of hydrogen-bond acceptors (Lipinski definition) is 6. The summed E-state index contributed by atoms with van der Waals surface area (Å²) in [4.78, 5) is 8.94. The van der Waals surface area contributed by atoms with E-state index in [0.29, 0.717) is 34.5 Å². The van der Waals surface area contributed by atoms with Crippen molar-refractivity contribution in [2.75, 3.05) is 21.3 Å². The Morgan fingerprint density at radius 3 is 2.34 bits per heavy atom. The lowest BCUT2D eigenvalue weighted by Crippen LogP contribution is -1.96. The van der Waals surface area contributed by atoms with Crippen LogP contribution in [0.3, 0.4) is 0 Å². The lowest BCUT2D eigenvalue weighted by molar-refractivity contribution is 0.324. The van der Waals surface area contributed by atoms with Gasteiger partial charge < -0.3 is 23.2 Å². The number of furan rings is 1. The third kappa shape index (κ3) is 3.05. The van der Waals surface area contributed by atoms with Crippen molar-refractivity contribution in [3.8, 4) is 39.7 Å². The van der Waals surface area contributed by atoms with Crippen LogP contribution in [0, 0.1) is 6.92 Å². The summed E-state index contributed by atoms with van der Waals surface area (Å²) in [6.45, 7) is 1.84. The first-order valence-electron chi connectivity index (χ1n) is 10.2. The summed E-state index contributed by atoms with van der Waals surface area (Å²) in [5.74, 6) is 3.01. The molecule has 0 aliphatic rings. The molecule has 0 radical (unpaired) electrons. The van der Waals surface area contributed by atoms with E-state index in [1.807, 2.05) is 32.3 Å². The first kappa shape index (κ1) is 19.9. The van der Waals surface area contributed by atoms with Crippen molar-refractivity contribution in [2.24, 2.45) is 7.05 Å². The number of hydrogen-bond donors (Lipinski definition) is 0. The molecule has 0 N–H and O–H groups in total. The predicted molar refractivity (Wildman–Crippen MR) is 124 cm³/mol. The molecule has 0 bridgehead atoms. The molecule has 0 saturated heterocycles. The minimum atomic E-state index is 0.532. The molecule has 162 valence electrons. The molecule has 0 unspecified atom stereocenters. The molecule has 0 aliphatic heterocycles. The summed E-state index contributed by atoms with van der Waals surface area (Å²) in [7, 11) is 6.82. The number of nitrogens with zero attached hydrogens (tertiary/aromatic N) is 3. The van der Waals surface area contributed by atoms with Gasteiger partial charge in [-0.2, -0.15) is 4.98 Å². The topological polar surface area (TPSA) is 71.5 Å². The zero-order valence-corrected chi connectivity index (χ0v) is 18.6. The van der Waals surface area contributed by atoms with Crippen LogP contribution in [0.25, 0.3) is 44.5 Å². The fraction of sp³-hybridized carbons (Fsp3) is 0.200. The highest BCUT2D eigenvalue weighted by molar-refractivity contribution is 6.01. The molecule has 0 amide bonds. The van der Waals surface area contributed by atoms with Crippen molar-refractivity contribution in [3.05, 3.63) is 54.6 Å². The summed E-state index contributed by atoms with van der Waals surface area (Å²) in [5, 5.41) is 1.94. The van der Waals surface area contributed by atoms with Crippen LogP contribution < -0.4 is 14.2 Å². The summed E-state index contributed by atoms with van der Waals surface area (Å²) in [6, 6.07) is 12.2. The van der Waals surface area contributed by atoms with Gasteiger partial charge >= 0.3 is 0 Å². The fourth-order valence-electron chi connectivity index (χ4n) is 4.11. The van der Waals surface area contributed by atoms with E-state index < -0.39 is 0 Å². The molecule has 0 atom stereocenters. The van der Waals surface area contributed by atoms with Gasteiger partial charge in [0.1, 0.15) is 11.6 Å². The van der Waals surface area contributed by atoms with Gasteiger partial charge in [-0.05, 0) is 48.9 Å². The minimum Gasteiger partial charge on any atom is -0.493 e. The van der Waals surface area contributed by atoms with E-state index in [2.05, 4.69) is 38.8 Å². The van der Waals surface area contributed by atoms with Crippen molar-refractivity contribution in [1.29, 1.82) is 0 Å². The highest BCUT2D eigenvalue weighted by Gasteiger charge is 2.23. The molecule has 32 heavy (non-hydrogen) atoms. The largest absolute Gasteiger partial charge is 0.493 e. The molecule has 2 aromatic carbocycles. The molecule has 0 spiro atoms. The summed E-state index contributed by atoms with van der Waals surface area (Å²) >= 11 is 0. The van der Waals surface area contributed by atoms with Crippen LogP contribution in [-0.4, -0.2) is 35.9 Å². The van der Waals surface area contributed by atoms with Gasteiger partial charge in [0.15, 0.2) is 11.5 Å². The Morgan fingerprint density at radius 1 is 0.906 bits per heavy atom. The molecule has 3 heterocycles. The maximum Gasteiger partial charge on any atom is 0.230 e. The van der Waals surface area contributed by atoms with Gasteiger partial charge in [0.05, 0.1) is 26.7 Å². The zero-order valence-electron chi connectivity index (χ0n) is 18.6. The van der Waals surface area contributed by atoms with Crippen molar-refractivity contribution in [2.45, 2.75) is 6.92 Å². The maximum absolute atomic E-state index is 6.31. The standard InChI is InChI=1S/C25H23N3O4/c1-14-26-13-18-22(17-11-20(29-3)24(31-5)21(12-17)30-4)23(32-25(18)27-14)16-6-7-19-15(10-16)8-9-28(19)2/h6-13H,1-5H3. The normalized spacial score (nSPS) is 11.3. The Labute approximate surface area is 185 Å². The second kappa shape index (κ2) is 7.60. The SMILES string of the molecule is COc1cc(-c2c(-c3ccc4c(ccn4C)c3)oc3nc(C)ncc23)cc(OC)c1OC. The maximum atomic E-state index is 6.31. The van der Waals surface area contributed by atoms with Gasteiger partial charge in [-0.25, -0.2) is 4.98 Å². The van der Waals surface area contributed by atoms with Crippen LogP contribution in [0.4, 0.5) is 0 Å². The lowest BCUT2D eigenvalue weighted by atomic mass is 9.98. The van der Waals surface area contributed by atoms with Gasteiger partial charge in [-0.15, -0.1) is 0 Å². The molecule has 5 aromatic rings. The van der Waals surface area contributed by atoms with E-state index >= 15 is 0 Å². The van der Waals surface area contributed by atoms with Crippen molar-refractivity contribution >= 4 is 22.0 Å². The third-order valence-electron chi connectivity index (χ3n) is 5.67. The Bertz CT molecular complexity index is 1440. The van der Waals surface area contributed by atoms with Crippen molar-refractivity contribution in [3.63, 3.8) is 0 Å². The van der Waals surface area contributed by atoms with Gasteiger partial charge in [-0.1, -0.05) is 0 Å². The number of aryl methyl sites for hydroxylation is 2. The number of benzene rings is 2. The number of fused-ring (bicyclic) bond motifs is 2. The molecule has 0 saturated carbocycles. The van der Waals surface area contributed by atoms with Crippen molar-refractivity contribution in [1.82, 2.24) is 14.5 Å². The molecule has 7 heteroatoms. The number of aromatic nitrogens is 3. The summed E-state index contributed by atoms with van der Waals surface area (Å²) in [6.07, 6.45) is 3.84. The van der Waals surface area contributed by atoms with Gasteiger partial charge in [0.2, 0.25) is 11.5 Å². The van der Waals surface area contributed by atoms with Crippen LogP contribution in [0.5, 0.6) is 17.2 Å². The van der Waals surface area contributed by atoms with Crippen molar-refractivity contribution < 1.29 is 18.6 Å². The predicted octanol–water partition coefficient (Wildman–Crippen LogP) is 5.38. The van der Waals surface area contributed by atoms with Crippen LogP contribution in [0.2, 0.25) is 0 Å². The molecule has 0 fully saturated rings. The summed E-state index contributed by atoms with van der Waals surface area (Å²) in [5.41, 5.74) is 4.35. The molecule has 3 aromatic heterocycles. The van der Waals surface area contributed by atoms with Crippen LogP contribution in [-0.2, 0) is 7.05 Å². The average molecular weight is 429 g/mol.